The third-order valence-electron chi connectivity index (χ3n) is 4.81. The zero-order chi connectivity index (χ0) is 23.8. The minimum atomic E-state index is -4.16. The summed E-state index contributed by atoms with van der Waals surface area (Å²) in [5.41, 5.74) is 1.35. The van der Waals surface area contributed by atoms with Gasteiger partial charge in [-0.15, -0.1) is 0 Å². The second-order valence-electron chi connectivity index (χ2n) is 6.98. The summed E-state index contributed by atoms with van der Waals surface area (Å²) in [6.07, 6.45) is 0.348. The summed E-state index contributed by atoms with van der Waals surface area (Å²) in [5, 5.41) is 9.11. The Morgan fingerprint density at radius 2 is 1.76 bits per heavy atom. The molecule has 0 bridgehead atoms. The number of anilines is 1. The number of carbonyl (C=O) groups excluding carboxylic acids is 1. The minimum Gasteiger partial charge on any atom is -0.497 e. The summed E-state index contributed by atoms with van der Waals surface area (Å²) in [5.74, 6) is -0.128. The average molecular weight is 472 g/mol. The van der Waals surface area contributed by atoms with E-state index in [9.17, 15) is 13.2 Å². The Labute approximate surface area is 192 Å². The van der Waals surface area contributed by atoms with Crippen molar-refractivity contribution in [2.45, 2.75) is 11.3 Å². The topological polar surface area (TPSA) is 111 Å². The predicted octanol–water partition coefficient (Wildman–Crippen LogP) is 3.24. The lowest BCUT2D eigenvalue weighted by Gasteiger charge is -2.18. The Hall–Kier alpha value is -3.56. The number of aliphatic hydroxyl groups excluding tert-OH is 1. The highest BCUT2D eigenvalue weighted by Crippen LogP contribution is 2.33. The van der Waals surface area contributed by atoms with E-state index in [2.05, 4.69) is 4.72 Å². The molecule has 0 radical (unpaired) electrons. The number of hydrogen-bond acceptors (Lipinski definition) is 7. The summed E-state index contributed by atoms with van der Waals surface area (Å²) in [4.78, 5) is 12.3. The van der Waals surface area contributed by atoms with Crippen LogP contribution in [0.15, 0.2) is 71.6 Å². The largest absolute Gasteiger partial charge is 0.497 e. The van der Waals surface area contributed by atoms with Crippen molar-refractivity contribution >= 4 is 21.7 Å². The van der Waals surface area contributed by atoms with E-state index in [-0.39, 0.29) is 35.1 Å². The number of aliphatic hydroxyl groups is 1. The zero-order valence-electron chi connectivity index (χ0n) is 18.3. The molecule has 9 heteroatoms. The van der Waals surface area contributed by atoms with Crippen LogP contribution in [0, 0.1) is 0 Å². The molecule has 0 saturated heterocycles. The Morgan fingerprint density at radius 3 is 2.42 bits per heavy atom. The SMILES string of the molecule is COC(=O)c1cccc(OCCO)c1NS(=O)(=O)c1ccc(OC)cc1Cc1ccccc1. The summed E-state index contributed by atoms with van der Waals surface area (Å²) >= 11 is 0. The van der Waals surface area contributed by atoms with Gasteiger partial charge in [0.15, 0.2) is 0 Å². The van der Waals surface area contributed by atoms with Crippen molar-refractivity contribution in [3.8, 4) is 11.5 Å². The molecular weight excluding hydrogens is 446 g/mol. The molecule has 0 saturated carbocycles. The lowest BCUT2D eigenvalue weighted by atomic mass is 10.0. The van der Waals surface area contributed by atoms with Crippen LogP contribution < -0.4 is 14.2 Å². The van der Waals surface area contributed by atoms with Crippen molar-refractivity contribution in [1.82, 2.24) is 0 Å². The van der Waals surface area contributed by atoms with Crippen molar-refractivity contribution < 1.29 is 32.5 Å². The van der Waals surface area contributed by atoms with Crippen molar-refractivity contribution in [3.63, 3.8) is 0 Å². The van der Waals surface area contributed by atoms with E-state index in [0.29, 0.717) is 17.7 Å². The maximum atomic E-state index is 13.5. The van der Waals surface area contributed by atoms with E-state index in [0.717, 1.165) is 5.56 Å². The molecule has 3 aromatic carbocycles. The molecule has 0 aliphatic rings. The first-order chi connectivity index (χ1) is 15.9. The van der Waals surface area contributed by atoms with E-state index in [1.54, 1.807) is 12.1 Å². The fourth-order valence-electron chi connectivity index (χ4n) is 3.28. The molecule has 8 nitrogen and oxygen atoms in total. The van der Waals surface area contributed by atoms with Crippen LogP contribution in [0.5, 0.6) is 11.5 Å². The highest BCUT2D eigenvalue weighted by Gasteiger charge is 2.25. The number of benzene rings is 3. The highest BCUT2D eigenvalue weighted by atomic mass is 32.2. The van der Waals surface area contributed by atoms with Crippen LogP contribution in [0.2, 0.25) is 0 Å². The molecule has 174 valence electrons. The first-order valence-electron chi connectivity index (χ1n) is 10.1. The normalized spacial score (nSPS) is 11.0. The second-order valence-corrected chi connectivity index (χ2v) is 8.63. The first kappa shape index (κ1) is 24.1. The lowest BCUT2D eigenvalue weighted by Crippen LogP contribution is -2.19. The van der Waals surface area contributed by atoms with Gasteiger partial charge in [0.25, 0.3) is 10.0 Å². The third kappa shape index (κ3) is 5.82. The molecule has 0 amide bonds. The maximum Gasteiger partial charge on any atom is 0.340 e. The van der Waals surface area contributed by atoms with Gasteiger partial charge in [-0.25, -0.2) is 13.2 Å². The number of hydrogen-bond donors (Lipinski definition) is 2. The predicted molar refractivity (Wildman–Crippen MR) is 123 cm³/mol. The molecule has 0 aliphatic carbocycles. The van der Waals surface area contributed by atoms with Crippen molar-refractivity contribution in [2.24, 2.45) is 0 Å². The summed E-state index contributed by atoms with van der Waals surface area (Å²) < 4.78 is 45.0. The molecule has 3 aromatic rings. The molecular formula is C24H25NO7S. The fraction of sp³-hybridized carbons (Fsp3) is 0.208. The van der Waals surface area contributed by atoms with Crippen molar-refractivity contribution in [1.29, 1.82) is 0 Å². The minimum absolute atomic E-state index is 0.0189. The molecule has 0 heterocycles. The number of carbonyl (C=O) groups is 1. The van der Waals surface area contributed by atoms with Gasteiger partial charge in [0, 0.05) is 0 Å². The van der Waals surface area contributed by atoms with Crippen LogP contribution in [-0.2, 0) is 21.2 Å². The molecule has 0 spiro atoms. The van der Waals surface area contributed by atoms with Crippen LogP contribution in [0.1, 0.15) is 21.5 Å². The molecule has 0 atom stereocenters. The van der Waals surface area contributed by atoms with Gasteiger partial charge in [-0.05, 0) is 47.9 Å². The van der Waals surface area contributed by atoms with E-state index in [1.807, 2.05) is 30.3 Å². The van der Waals surface area contributed by atoms with Gasteiger partial charge >= 0.3 is 5.97 Å². The molecule has 3 rings (SSSR count). The van der Waals surface area contributed by atoms with Gasteiger partial charge < -0.3 is 19.3 Å². The Bertz CT molecular complexity index is 1210. The molecule has 33 heavy (non-hydrogen) atoms. The van der Waals surface area contributed by atoms with Gasteiger partial charge in [-0.3, -0.25) is 4.72 Å². The number of nitrogens with one attached hydrogen (secondary N) is 1. The standard InChI is InChI=1S/C24H25NO7S/c1-30-19-11-12-22(18(16-19)15-17-7-4-3-5-8-17)33(28,29)25-23-20(24(27)31-2)9-6-10-21(23)32-14-13-26/h3-12,16,25-26H,13-15H2,1-2H3. The lowest BCUT2D eigenvalue weighted by molar-refractivity contribution is 0.0601. The van der Waals surface area contributed by atoms with Crippen LogP contribution in [0.3, 0.4) is 0 Å². The summed E-state index contributed by atoms with van der Waals surface area (Å²) in [6, 6.07) is 18.6. The Balaban J connectivity index is 2.07. The quantitative estimate of drug-likeness (QED) is 0.437. The summed E-state index contributed by atoms with van der Waals surface area (Å²) in [6.45, 7) is -0.366. The number of para-hydroxylation sites is 1. The van der Waals surface area contributed by atoms with Gasteiger partial charge in [-0.1, -0.05) is 36.4 Å². The van der Waals surface area contributed by atoms with E-state index < -0.39 is 16.0 Å². The molecule has 0 fully saturated rings. The molecule has 0 aliphatic heterocycles. The van der Waals surface area contributed by atoms with Crippen LogP contribution in [-0.4, -0.2) is 46.9 Å². The number of esters is 1. The number of rotatable bonds is 10. The fourth-order valence-corrected chi connectivity index (χ4v) is 4.59. The van der Waals surface area contributed by atoms with Gasteiger partial charge in [0.2, 0.25) is 0 Å². The smallest absolute Gasteiger partial charge is 0.340 e. The Morgan fingerprint density at radius 1 is 1.00 bits per heavy atom. The average Bonchev–Trinajstić information content (AvgIpc) is 2.83. The molecule has 0 unspecified atom stereocenters. The van der Waals surface area contributed by atoms with Crippen molar-refractivity contribution in [3.05, 3.63) is 83.4 Å². The second kappa shape index (κ2) is 10.8. The third-order valence-corrected chi connectivity index (χ3v) is 6.26. The van der Waals surface area contributed by atoms with E-state index in [4.69, 9.17) is 19.3 Å². The zero-order valence-corrected chi connectivity index (χ0v) is 19.1. The first-order valence-corrected chi connectivity index (χ1v) is 11.6. The highest BCUT2D eigenvalue weighted by molar-refractivity contribution is 7.92. The monoisotopic (exact) mass is 471 g/mol. The van der Waals surface area contributed by atoms with Crippen LogP contribution >= 0.6 is 0 Å². The molecule has 0 aromatic heterocycles. The number of methoxy groups -OCH3 is 2. The van der Waals surface area contributed by atoms with E-state index in [1.165, 1.54) is 38.5 Å². The maximum absolute atomic E-state index is 13.5. The number of sulfonamides is 1. The Kier molecular flexibility index (Phi) is 7.92. The van der Waals surface area contributed by atoms with E-state index >= 15 is 0 Å². The van der Waals surface area contributed by atoms with Gasteiger partial charge in [-0.2, -0.15) is 0 Å². The molecule has 2 N–H and O–H groups in total. The van der Waals surface area contributed by atoms with Crippen molar-refractivity contribution in [2.75, 3.05) is 32.2 Å². The number of ether oxygens (including phenoxy) is 3. The van der Waals surface area contributed by atoms with Gasteiger partial charge in [0.1, 0.15) is 23.8 Å². The van der Waals surface area contributed by atoms with Crippen LogP contribution in [0.25, 0.3) is 0 Å². The van der Waals surface area contributed by atoms with Crippen LogP contribution in [0.4, 0.5) is 5.69 Å². The van der Waals surface area contributed by atoms with Gasteiger partial charge in [0.05, 0.1) is 31.3 Å². The summed E-state index contributed by atoms with van der Waals surface area (Å²) in [7, 11) is -1.45.